The second-order valence-electron chi connectivity index (χ2n) is 5.28. The van der Waals surface area contributed by atoms with Gasteiger partial charge in [0.2, 0.25) is 5.91 Å². The number of carbonyl (C=O) groups is 1. The number of benzene rings is 2. The van der Waals surface area contributed by atoms with E-state index in [2.05, 4.69) is 0 Å². The van der Waals surface area contributed by atoms with Gasteiger partial charge in [-0.3, -0.25) is 4.79 Å². The third-order valence-electron chi connectivity index (χ3n) is 3.63. The van der Waals surface area contributed by atoms with Crippen molar-refractivity contribution >= 4 is 11.6 Å². The van der Waals surface area contributed by atoms with E-state index >= 15 is 0 Å². The fourth-order valence-corrected chi connectivity index (χ4v) is 2.25. The van der Waals surface area contributed by atoms with Crippen LogP contribution in [0.5, 0.6) is 5.75 Å². The van der Waals surface area contributed by atoms with Gasteiger partial charge in [-0.25, -0.2) is 0 Å². The predicted molar refractivity (Wildman–Crippen MR) is 88.6 cm³/mol. The Morgan fingerprint density at radius 2 is 1.64 bits per heavy atom. The van der Waals surface area contributed by atoms with E-state index in [9.17, 15) is 4.79 Å². The number of hydrogen-bond donors (Lipinski definition) is 1. The number of nitrogens with zero attached hydrogens (tertiary/aromatic N) is 1. The molecule has 0 aliphatic heterocycles. The molecule has 0 fully saturated rings. The average Bonchev–Trinajstić information content (AvgIpc) is 2.53. The summed E-state index contributed by atoms with van der Waals surface area (Å²) in [5.41, 5.74) is 8.70. The van der Waals surface area contributed by atoms with Crippen LogP contribution in [-0.4, -0.2) is 24.5 Å². The molecule has 22 heavy (non-hydrogen) atoms. The second-order valence-corrected chi connectivity index (χ2v) is 5.28. The molecule has 2 aromatic rings. The summed E-state index contributed by atoms with van der Waals surface area (Å²) in [7, 11) is 1.64. The fraction of sp³-hybridized carbons (Fsp3) is 0.278. The summed E-state index contributed by atoms with van der Waals surface area (Å²) in [6, 6.07) is 15.6. The summed E-state index contributed by atoms with van der Waals surface area (Å²) in [6.45, 7) is 2.89. The lowest BCUT2D eigenvalue weighted by atomic mass is 10.1. The molecule has 0 aliphatic rings. The number of methoxy groups -OCH3 is 1. The number of amides is 1. The minimum atomic E-state index is 0.0752. The number of ether oxygens (including phenoxy) is 1. The SMILES string of the molecule is COc1ccc(CN(CCc2ccc(N)cc2)C(C)=O)cc1. The minimum Gasteiger partial charge on any atom is -0.497 e. The van der Waals surface area contributed by atoms with E-state index in [4.69, 9.17) is 10.5 Å². The molecule has 0 radical (unpaired) electrons. The molecule has 0 heterocycles. The maximum atomic E-state index is 11.8. The third-order valence-corrected chi connectivity index (χ3v) is 3.63. The lowest BCUT2D eigenvalue weighted by Gasteiger charge is -2.21. The first kappa shape index (κ1) is 15.9. The van der Waals surface area contributed by atoms with E-state index in [0.29, 0.717) is 13.1 Å². The van der Waals surface area contributed by atoms with Crippen molar-refractivity contribution in [3.63, 3.8) is 0 Å². The molecule has 116 valence electrons. The van der Waals surface area contributed by atoms with Crippen LogP contribution in [0.1, 0.15) is 18.1 Å². The second kappa shape index (κ2) is 7.50. The molecule has 0 aromatic heterocycles. The van der Waals surface area contributed by atoms with Crippen molar-refractivity contribution in [2.75, 3.05) is 19.4 Å². The van der Waals surface area contributed by atoms with Crippen molar-refractivity contribution in [3.05, 3.63) is 59.7 Å². The van der Waals surface area contributed by atoms with Gasteiger partial charge in [-0.2, -0.15) is 0 Å². The van der Waals surface area contributed by atoms with Gasteiger partial charge >= 0.3 is 0 Å². The zero-order chi connectivity index (χ0) is 15.9. The lowest BCUT2D eigenvalue weighted by molar-refractivity contribution is -0.129. The molecule has 2 rings (SSSR count). The van der Waals surface area contributed by atoms with Crippen LogP contribution >= 0.6 is 0 Å². The number of nitrogen functional groups attached to an aromatic ring is 1. The highest BCUT2D eigenvalue weighted by molar-refractivity contribution is 5.73. The van der Waals surface area contributed by atoms with E-state index in [-0.39, 0.29) is 5.91 Å². The first-order valence-corrected chi connectivity index (χ1v) is 7.31. The van der Waals surface area contributed by atoms with Gasteiger partial charge in [-0.05, 0) is 41.8 Å². The van der Waals surface area contributed by atoms with Gasteiger partial charge in [0.15, 0.2) is 0 Å². The molecule has 0 unspecified atom stereocenters. The highest BCUT2D eigenvalue weighted by Gasteiger charge is 2.09. The van der Waals surface area contributed by atoms with E-state index < -0.39 is 0 Å². The monoisotopic (exact) mass is 298 g/mol. The predicted octanol–water partition coefficient (Wildman–Crippen LogP) is 2.87. The Morgan fingerprint density at radius 1 is 1.05 bits per heavy atom. The van der Waals surface area contributed by atoms with Crippen LogP contribution in [0.3, 0.4) is 0 Å². The smallest absolute Gasteiger partial charge is 0.219 e. The molecule has 4 nitrogen and oxygen atoms in total. The summed E-state index contributed by atoms with van der Waals surface area (Å²) in [5.74, 6) is 0.895. The maximum absolute atomic E-state index is 11.8. The molecule has 0 saturated carbocycles. The molecule has 1 amide bonds. The highest BCUT2D eigenvalue weighted by Crippen LogP contribution is 2.14. The van der Waals surface area contributed by atoms with Crippen molar-refractivity contribution in [1.82, 2.24) is 4.90 Å². The molecule has 4 heteroatoms. The number of anilines is 1. The highest BCUT2D eigenvalue weighted by atomic mass is 16.5. The summed E-state index contributed by atoms with van der Waals surface area (Å²) >= 11 is 0. The lowest BCUT2D eigenvalue weighted by Crippen LogP contribution is -2.30. The molecule has 0 aliphatic carbocycles. The zero-order valence-electron chi connectivity index (χ0n) is 13.1. The van der Waals surface area contributed by atoms with Gasteiger partial charge in [0.05, 0.1) is 7.11 Å². The van der Waals surface area contributed by atoms with Crippen molar-refractivity contribution < 1.29 is 9.53 Å². The van der Waals surface area contributed by atoms with Gasteiger partial charge in [-0.15, -0.1) is 0 Å². The molecule has 0 saturated heterocycles. The first-order chi connectivity index (χ1) is 10.6. The topological polar surface area (TPSA) is 55.6 Å². The summed E-state index contributed by atoms with van der Waals surface area (Å²) in [6.07, 6.45) is 0.815. The van der Waals surface area contributed by atoms with Crippen LogP contribution in [0.25, 0.3) is 0 Å². The van der Waals surface area contributed by atoms with Crippen molar-refractivity contribution in [3.8, 4) is 5.75 Å². The minimum absolute atomic E-state index is 0.0752. The van der Waals surface area contributed by atoms with Gasteiger partial charge in [-0.1, -0.05) is 24.3 Å². The van der Waals surface area contributed by atoms with E-state index in [1.54, 1.807) is 14.0 Å². The Bertz CT molecular complexity index is 606. The third kappa shape index (κ3) is 4.52. The van der Waals surface area contributed by atoms with E-state index in [1.807, 2.05) is 53.4 Å². The van der Waals surface area contributed by atoms with Crippen LogP contribution in [-0.2, 0) is 17.8 Å². The number of rotatable bonds is 6. The molecule has 2 N–H and O–H groups in total. The van der Waals surface area contributed by atoms with E-state index in [0.717, 1.165) is 23.4 Å². The molecular formula is C18H22N2O2. The first-order valence-electron chi connectivity index (χ1n) is 7.31. The number of hydrogen-bond acceptors (Lipinski definition) is 3. The Balaban J connectivity index is 1.97. The number of nitrogens with two attached hydrogens (primary N) is 1. The van der Waals surface area contributed by atoms with Gasteiger partial charge in [0, 0.05) is 25.7 Å². The average molecular weight is 298 g/mol. The standard InChI is InChI=1S/C18H22N2O2/c1-14(21)20(12-11-15-3-7-17(19)8-4-15)13-16-5-9-18(22-2)10-6-16/h3-10H,11-13,19H2,1-2H3. The Hall–Kier alpha value is -2.49. The Labute approximate surface area is 131 Å². The van der Waals surface area contributed by atoms with Crippen LogP contribution < -0.4 is 10.5 Å². The van der Waals surface area contributed by atoms with Crippen molar-refractivity contribution in [2.24, 2.45) is 0 Å². The van der Waals surface area contributed by atoms with Crippen LogP contribution in [0.4, 0.5) is 5.69 Å². The molecule has 0 bridgehead atoms. The maximum Gasteiger partial charge on any atom is 0.219 e. The summed E-state index contributed by atoms with van der Waals surface area (Å²) < 4.78 is 5.15. The quantitative estimate of drug-likeness (QED) is 0.834. The fourth-order valence-electron chi connectivity index (χ4n) is 2.25. The van der Waals surface area contributed by atoms with Crippen molar-refractivity contribution in [1.29, 1.82) is 0 Å². The Morgan fingerprint density at radius 3 is 2.18 bits per heavy atom. The summed E-state index contributed by atoms with van der Waals surface area (Å²) in [5, 5.41) is 0. The normalized spacial score (nSPS) is 10.3. The summed E-state index contributed by atoms with van der Waals surface area (Å²) in [4.78, 5) is 13.7. The largest absolute Gasteiger partial charge is 0.497 e. The van der Waals surface area contributed by atoms with Gasteiger partial charge < -0.3 is 15.4 Å². The van der Waals surface area contributed by atoms with E-state index in [1.165, 1.54) is 5.56 Å². The molecular weight excluding hydrogens is 276 g/mol. The van der Waals surface area contributed by atoms with Crippen LogP contribution in [0.2, 0.25) is 0 Å². The number of carbonyl (C=O) groups excluding carboxylic acids is 1. The van der Waals surface area contributed by atoms with Crippen LogP contribution in [0, 0.1) is 0 Å². The van der Waals surface area contributed by atoms with Crippen LogP contribution in [0.15, 0.2) is 48.5 Å². The molecule has 2 aromatic carbocycles. The zero-order valence-corrected chi connectivity index (χ0v) is 13.1. The molecule has 0 spiro atoms. The van der Waals surface area contributed by atoms with Crippen molar-refractivity contribution in [2.45, 2.75) is 19.9 Å². The van der Waals surface area contributed by atoms with Gasteiger partial charge in [0.1, 0.15) is 5.75 Å². The Kier molecular flexibility index (Phi) is 5.42. The molecule has 0 atom stereocenters. The van der Waals surface area contributed by atoms with Gasteiger partial charge in [0.25, 0.3) is 0 Å².